The minimum absolute atomic E-state index is 0.0397. The molecular formula is C17H14N4O3S. The molecule has 0 fully saturated rings. The zero-order chi connectivity index (χ0) is 18.0. The first kappa shape index (κ1) is 16.8. The number of fused-ring (bicyclic) bond motifs is 1. The van der Waals surface area contributed by atoms with Gasteiger partial charge in [0, 0.05) is 5.56 Å². The lowest BCUT2D eigenvalue weighted by atomic mass is 9.98. The van der Waals surface area contributed by atoms with Gasteiger partial charge in [-0.05, 0) is 31.3 Å². The summed E-state index contributed by atoms with van der Waals surface area (Å²) in [5.41, 5.74) is 1.50. The van der Waals surface area contributed by atoms with Crippen molar-refractivity contribution in [3.8, 4) is 6.07 Å². The van der Waals surface area contributed by atoms with E-state index in [0.29, 0.717) is 5.52 Å². The summed E-state index contributed by atoms with van der Waals surface area (Å²) in [5, 5.41) is 9.45. The number of aromatic amines is 1. The summed E-state index contributed by atoms with van der Waals surface area (Å²) in [4.78, 5) is 19.9. The predicted molar refractivity (Wildman–Crippen MR) is 91.5 cm³/mol. The highest BCUT2D eigenvalue weighted by atomic mass is 32.2. The third-order valence-corrected chi connectivity index (χ3v) is 5.18. The molecule has 0 aliphatic heterocycles. The number of carbonyl (C=O) groups excluding carboxylic acids is 1. The van der Waals surface area contributed by atoms with Crippen molar-refractivity contribution in [3.63, 3.8) is 0 Å². The maximum Gasteiger partial charge on any atom is 0.240 e. The van der Waals surface area contributed by atoms with Crippen LogP contribution in [0.2, 0.25) is 0 Å². The van der Waals surface area contributed by atoms with Gasteiger partial charge in [-0.15, -0.1) is 0 Å². The fraction of sp³-hybridized carbons (Fsp3) is 0.118. The monoisotopic (exact) mass is 354 g/mol. The van der Waals surface area contributed by atoms with E-state index >= 15 is 0 Å². The number of hydrogen-bond acceptors (Lipinski definition) is 5. The average Bonchev–Trinajstić information content (AvgIpc) is 3.06. The van der Waals surface area contributed by atoms with Crippen molar-refractivity contribution in [2.75, 3.05) is 7.05 Å². The van der Waals surface area contributed by atoms with Gasteiger partial charge in [-0.2, -0.15) is 5.26 Å². The number of benzene rings is 2. The fourth-order valence-corrected chi connectivity index (χ4v) is 3.23. The van der Waals surface area contributed by atoms with Gasteiger partial charge in [-0.25, -0.2) is 18.1 Å². The van der Waals surface area contributed by atoms with Gasteiger partial charge in [0.2, 0.25) is 10.0 Å². The molecule has 3 aromatic rings. The Balaban J connectivity index is 2.01. The van der Waals surface area contributed by atoms with Crippen LogP contribution in [0.5, 0.6) is 0 Å². The van der Waals surface area contributed by atoms with E-state index in [2.05, 4.69) is 14.7 Å². The van der Waals surface area contributed by atoms with Gasteiger partial charge in [0.25, 0.3) is 0 Å². The van der Waals surface area contributed by atoms with Crippen molar-refractivity contribution in [2.24, 2.45) is 0 Å². The molecule has 3 rings (SSSR count). The second kappa shape index (κ2) is 6.47. The number of imidazole rings is 1. The van der Waals surface area contributed by atoms with Crippen molar-refractivity contribution < 1.29 is 13.2 Å². The highest BCUT2D eigenvalue weighted by Gasteiger charge is 2.26. The minimum Gasteiger partial charge on any atom is -0.340 e. The van der Waals surface area contributed by atoms with Gasteiger partial charge in [0.15, 0.2) is 11.7 Å². The second-order valence-electron chi connectivity index (χ2n) is 5.30. The van der Waals surface area contributed by atoms with Crippen LogP contribution in [0, 0.1) is 11.3 Å². The number of H-pyrrole nitrogens is 1. The van der Waals surface area contributed by atoms with E-state index in [-0.39, 0.29) is 16.3 Å². The third kappa shape index (κ3) is 3.15. The molecule has 0 saturated heterocycles. The summed E-state index contributed by atoms with van der Waals surface area (Å²) in [6.07, 6.45) is 0. The SMILES string of the molecule is CNS(=O)(=O)c1cccc(C(=O)[C@@H](C#N)c2nc3ccccc3[nH]2)c1. The number of nitrogens with zero attached hydrogens (tertiary/aromatic N) is 2. The Labute approximate surface area is 144 Å². The Kier molecular flexibility index (Phi) is 4.35. The lowest BCUT2D eigenvalue weighted by Crippen LogP contribution is -2.19. The molecule has 1 heterocycles. The number of nitriles is 1. The van der Waals surface area contributed by atoms with Gasteiger partial charge >= 0.3 is 0 Å². The number of hydrogen-bond donors (Lipinski definition) is 2. The Hall–Kier alpha value is -3.02. The number of aromatic nitrogens is 2. The minimum atomic E-state index is -3.68. The fourth-order valence-electron chi connectivity index (χ4n) is 2.45. The van der Waals surface area contributed by atoms with Crippen molar-refractivity contribution in [3.05, 3.63) is 59.9 Å². The molecule has 2 N–H and O–H groups in total. The first-order chi connectivity index (χ1) is 12.0. The summed E-state index contributed by atoms with van der Waals surface area (Å²) in [6, 6.07) is 14.7. The standard InChI is InChI=1S/C17H14N4O3S/c1-19-25(23,24)12-6-4-5-11(9-12)16(22)13(10-18)17-20-14-7-2-3-8-15(14)21-17/h2-9,13,19H,1H3,(H,20,21)/t13-/m1/s1. The normalized spacial score (nSPS) is 12.6. The van der Waals surface area contributed by atoms with Crippen LogP contribution >= 0.6 is 0 Å². The van der Waals surface area contributed by atoms with Crippen molar-refractivity contribution in [1.82, 2.24) is 14.7 Å². The van der Waals surface area contributed by atoms with Gasteiger partial charge in [-0.3, -0.25) is 4.79 Å². The van der Waals surface area contributed by atoms with Gasteiger partial charge in [0.05, 0.1) is 22.0 Å². The van der Waals surface area contributed by atoms with Crippen LogP contribution < -0.4 is 4.72 Å². The van der Waals surface area contributed by atoms with Gasteiger partial charge in [-0.1, -0.05) is 24.3 Å². The zero-order valence-electron chi connectivity index (χ0n) is 13.2. The lowest BCUT2D eigenvalue weighted by Gasteiger charge is -2.08. The third-order valence-electron chi connectivity index (χ3n) is 3.77. The van der Waals surface area contributed by atoms with E-state index in [1.165, 1.54) is 31.3 Å². The summed E-state index contributed by atoms with van der Waals surface area (Å²) in [5.74, 6) is -1.44. The van der Waals surface area contributed by atoms with Crippen LogP contribution in [0.15, 0.2) is 53.4 Å². The van der Waals surface area contributed by atoms with Gasteiger partial charge < -0.3 is 4.98 Å². The molecule has 0 saturated carbocycles. The van der Waals surface area contributed by atoms with Crippen LogP contribution in [0.4, 0.5) is 0 Å². The number of Topliss-reactive ketones (excluding diaryl/α,β-unsaturated/α-hetero) is 1. The molecule has 1 atom stereocenters. The number of rotatable bonds is 5. The van der Waals surface area contributed by atoms with Crippen LogP contribution in [0.1, 0.15) is 22.1 Å². The highest BCUT2D eigenvalue weighted by Crippen LogP contribution is 2.22. The number of para-hydroxylation sites is 2. The number of nitrogens with one attached hydrogen (secondary N) is 2. The van der Waals surface area contributed by atoms with E-state index in [9.17, 15) is 18.5 Å². The Bertz CT molecular complexity index is 1060. The molecule has 0 amide bonds. The highest BCUT2D eigenvalue weighted by molar-refractivity contribution is 7.89. The van der Waals surface area contributed by atoms with Crippen LogP contribution in [-0.2, 0) is 10.0 Å². The van der Waals surface area contributed by atoms with Crippen molar-refractivity contribution in [2.45, 2.75) is 10.8 Å². The molecule has 2 aromatic carbocycles. The molecule has 7 nitrogen and oxygen atoms in total. The maximum atomic E-state index is 12.7. The molecule has 0 radical (unpaired) electrons. The molecule has 0 aliphatic rings. The molecule has 1 aromatic heterocycles. The van der Waals surface area contributed by atoms with E-state index < -0.39 is 21.7 Å². The molecule has 0 spiro atoms. The average molecular weight is 354 g/mol. The maximum absolute atomic E-state index is 12.7. The van der Waals surface area contributed by atoms with Crippen LogP contribution in [-0.4, -0.2) is 31.2 Å². The van der Waals surface area contributed by atoms with Crippen molar-refractivity contribution in [1.29, 1.82) is 5.26 Å². The summed E-state index contributed by atoms with van der Waals surface area (Å²) < 4.78 is 26.0. The largest absolute Gasteiger partial charge is 0.340 e. The Morgan fingerprint density at radius 1 is 1.24 bits per heavy atom. The Morgan fingerprint density at radius 3 is 2.68 bits per heavy atom. The second-order valence-corrected chi connectivity index (χ2v) is 7.19. The Morgan fingerprint density at radius 2 is 2.00 bits per heavy atom. The summed E-state index contributed by atoms with van der Waals surface area (Å²) in [7, 11) is -2.39. The lowest BCUT2D eigenvalue weighted by molar-refractivity contribution is 0.0976. The van der Waals surface area contributed by atoms with E-state index in [4.69, 9.17) is 0 Å². The van der Waals surface area contributed by atoms with E-state index in [1.54, 1.807) is 12.1 Å². The summed E-state index contributed by atoms with van der Waals surface area (Å²) in [6.45, 7) is 0. The number of carbonyl (C=O) groups is 1. The molecule has 0 unspecified atom stereocenters. The summed E-state index contributed by atoms with van der Waals surface area (Å²) >= 11 is 0. The van der Waals surface area contributed by atoms with Crippen molar-refractivity contribution >= 4 is 26.8 Å². The van der Waals surface area contributed by atoms with Gasteiger partial charge in [0.1, 0.15) is 5.82 Å². The van der Waals surface area contributed by atoms with E-state index in [1.807, 2.05) is 18.2 Å². The molecule has 8 heteroatoms. The quantitative estimate of drug-likeness (QED) is 0.680. The molecule has 25 heavy (non-hydrogen) atoms. The van der Waals surface area contributed by atoms with Crippen LogP contribution in [0.25, 0.3) is 11.0 Å². The molecule has 0 aliphatic carbocycles. The first-order valence-electron chi connectivity index (χ1n) is 7.38. The molecular weight excluding hydrogens is 340 g/mol. The predicted octanol–water partition coefficient (Wildman–Crippen LogP) is 1.96. The zero-order valence-corrected chi connectivity index (χ0v) is 14.0. The van der Waals surface area contributed by atoms with Crippen LogP contribution in [0.3, 0.4) is 0 Å². The smallest absolute Gasteiger partial charge is 0.240 e. The van der Waals surface area contributed by atoms with E-state index in [0.717, 1.165) is 5.52 Å². The topological polar surface area (TPSA) is 116 Å². The number of sulfonamides is 1. The number of ketones is 1. The molecule has 126 valence electrons. The molecule has 0 bridgehead atoms. The first-order valence-corrected chi connectivity index (χ1v) is 8.86.